The zero-order valence-corrected chi connectivity index (χ0v) is 11.9. The van der Waals surface area contributed by atoms with E-state index in [1.165, 1.54) is 26.4 Å². The molecule has 0 radical (unpaired) electrons. The maximum absolute atomic E-state index is 14.0. The quantitative estimate of drug-likeness (QED) is 0.906. The molecule has 1 N–H and O–H groups in total. The molecule has 0 amide bonds. The first-order chi connectivity index (χ1) is 9.13. The van der Waals surface area contributed by atoms with Crippen molar-refractivity contribution in [2.24, 2.45) is 0 Å². The van der Waals surface area contributed by atoms with Crippen molar-refractivity contribution in [1.29, 1.82) is 0 Å². The molecule has 2 unspecified atom stereocenters. The van der Waals surface area contributed by atoms with Gasteiger partial charge in [-0.15, -0.1) is 0 Å². The van der Waals surface area contributed by atoms with Crippen molar-refractivity contribution in [3.63, 3.8) is 0 Å². The number of hydrogen-bond acceptors (Lipinski definition) is 3. The highest BCUT2D eigenvalue weighted by molar-refractivity contribution is 5.30. The molecule has 1 aromatic rings. The topological polar surface area (TPSA) is 24.5 Å². The number of methoxy groups -OCH3 is 1. The first-order valence-corrected chi connectivity index (χ1v) is 6.96. The molecule has 0 bridgehead atoms. The van der Waals surface area contributed by atoms with Gasteiger partial charge in [0.1, 0.15) is 0 Å². The monoisotopic (exact) mass is 266 g/mol. The van der Waals surface area contributed by atoms with Crippen LogP contribution in [0.4, 0.5) is 4.39 Å². The number of hydrazine groups is 1. The van der Waals surface area contributed by atoms with E-state index >= 15 is 0 Å². The summed E-state index contributed by atoms with van der Waals surface area (Å²) in [4.78, 5) is 0. The zero-order chi connectivity index (χ0) is 13.8. The summed E-state index contributed by atoms with van der Waals surface area (Å²) in [6.45, 7) is 4.92. The summed E-state index contributed by atoms with van der Waals surface area (Å²) in [5.74, 6) is 0.0360. The average molecular weight is 266 g/mol. The summed E-state index contributed by atoms with van der Waals surface area (Å²) >= 11 is 0. The van der Waals surface area contributed by atoms with Crippen molar-refractivity contribution in [3.05, 3.63) is 29.6 Å². The number of benzene rings is 1. The Bertz CT molecular complexity index is 415. The smallest absolute Gasteiger partial charge is 0.169 e. The van der Waals surface area contributed by atoms with E-state index in [4.69, 9.17) is 4.74 Å². The summed E-state index contributed by atoms with van der Waals surface area (Å²) in [6, 6.07) is 6.26. The van der Waals surface area contributed by atoms with Crippen LogP contribution in [0.25, 0.3) is 0 Å². The third kappa shape index (κ3) is 3.25. The Morgan fingerprint density at radius 3 is 2.63 bits per heavy atom. The maximum Gasteiger partial charge on any atom is 0.169 e. The van der Waals surface area contributed by atoms with E-state index in [0.29, 0.717) is 29.9 Å². The third-order valence-electron chi connectivity index (χ3n) is 3.91. The molecule has 1 heterocycles. The van der Waals surface area contributed by atoms with Gasteiger partial charge < -0.3 is 4.74 Å². The molecule has 0 saturated carbocycles. The molecular formula is C15H23FN2O. The number of piperidine rings is 1. The standard InChI is InChI=1S/C15H23FN2O/c1-11-6-4-7-12(2)18(11)17-10-13-8-5-9-14(19-3)15(13)16/h5,8-9,11-12,17H,4,6-7,10H2,1-3H3. The first kappa shape index (κ1) is 14.3. The largest absolute Gasteiger partial charge is 0.494 e. The fourth-order valence-corrected chi connectivity index (χ4v) is 2.76. The minimum absolute atomic E-state index is 0.269. The van der Waals surface area contributed by atoms with Crippen molar-refractivity contribution in [3.8, 4) is 5.75 Å². The molecule has 1 saturated heterocycles. The Morgan fingerprint density at radius 2 is 2.00 bits per heavy atom. The van der Waals surface area contributed by atoms with Gasteiger partial charge in [-0.3, -0.25) is 5.43 Å². The summed E-state index contributed by atoms with van der Waals surface area (Å²) in [6.07, 6.45) is 3.66. The molecular weight excluding hydrogens is 243 g/mol. The van der Waals surface area contributed by atoms with Crippen LogP contribution < -0.4 is 10.2 Å². The minimum Gasteiger partial charge on any atom is -0.494 e. The molecule has 106 valence electrons. The van der Waals surface area contributed by atoms with E-state index in [0.717, 1.165) is 0 Å². The second kappa shape index (κ2) is 6.35. The lowest BCUT2D eigenvalue weighted by atomic mass is 10.00. The molecule has 3 nitrogen and oxygen atoms in total. The van der Waals surface area contributed by atoms with Crippen LogP contribution in [0.15, 0.2) is 18.2 Å². The van der Waals surface area contributed by atoms with Gasteiger partial charge in [0.05, 0.1) is 7.11 Å². The van der Waals surface area contributed by atoms with Crippen LogP contribution in [0.1, 0.15) is 38.7 Å². The van der Waals surface area contributed by atoms with E-state index < -0.39 is 0 Å². The number of hydrogen-bond donors (Lipinski definition) is 1. The Kier molecular flexibility index (Phi) is 4.77. The van der Waals surface area contributed by atoms with Crippen LogP contribution in [0.2, 0.25) is 0 Å². The Hall–Kier alpha value is -1.13. The van der Waals surface area contributed by atoms with E-state index in [9.17, 15) is 4.39 Å². The van der Waals surface area contributed by atoms with E-state index in [1.54, 1.807) is 12.1 Å². The predicted molar refractivity (Wildman–Crippen MR) is 74.4 cm³/mol. The molecule has 1 aliphatic rings. The zero-order valence-electron chi connectivity index (χ0n) is 11.9. The van der Waals surface area contributed by atoms with Crippen LogP contribution in [-0.2, 0) is 6.54 Å². The van der Waals surface area contributed by atoms with Crippen molar-refractivity contribution >= 4 is 0 Å². The summed E-state index contributed by atoms with van der Waals surface area (Å²) in [5.41, 5.74) is 4.01. The van der Waals surface area contributed by atoms with Crippen molar-refractivity contribution in [2.75, 3.05) is 7.11 Å². The number of rotatable bonds is 4. The normalized spacial score (nSPS) is 24.4. The van der Waals surface area contributed by atoms with Gasteiger partial charge in [0.15, 0.2) is 11.6 Å². The molecule has 1 fully saturated rings. The third-order valence-corrected chi connectivity index (χ3v) is 3.91. The van der Waals surface area contributed by atoms with Gasteiger partial charge in [0, 0.05) is 24.2 Å². The van der Waals surface area contributed by atoms with Gasteiger partial charge in [-0.05, 0) is 32.8 Å². The highest BCUT2D eigenvalue weighted by Crippen LogP contribution is 2.22. The van der Waals surface area contributed by atoms with E-state index in [-0.39, 0.29) is 5.82 Å². The molecule has 4 heteroatoms. The van der Waals surface area contributed by atoms with Crippen molar-refractivity contribution in [2.45, 2.75) is 51.7 Å². The number of nitrogens with zero attached hydrogens (tertiary/aromatic N) is 1. The first-order valence-electron chi connectivity index (χ1n) is 6.96. The van der Waals surface area contributed by atoms with Crippen LogP contribution in [0.3, 0.4) is 0 Å². The van der Waals surface area contributed by atoms with E-state index in [1.807, 2.05) is 6.07 Å². The minimum atomic E-state index is -0.269. The SMILES string of the molecule is COc1cccc(CNN2C(C)CCCC2C)c1F. The molecule has 1 aliphatic heterocycles. The Morgan fingerprint density at radius 1 is 1.32 bits per heavy atom. The summed E-state index contributed by atoms with van der Waals surface area (Å²) < 4.78 is 19.0. The van der Waals surface area contributed by atoms with Crippen molar-refractivity contribution in [1.82, 2.24) is 10.4 Å². The van der Waals surface area contributed by atoms with Crippen LogP contribution in [0, 0.1) is 5.82 Å². The van der Waals surface area contributed by atoms with Gasteiger partial charge in [0.2, 0.25) is 0 Å². The maximum atomic E-state index is 14.0. The molecule has 0 spiro atoms. The van der Waals surface area contributed by atoms with Crippen molar-refractivity contribution < 1.29 is 9.13 Å². The molecule has 19 heavy (non-hydrogen) atoms. The van der Waals surface area contributed by atoms with Gasteiger partial charge in [-0.2, -0.15) is 0 Å². The van der Waals surface area contributed by atoms with Gasteiger partial charge in [-0.25, -0.2) is 9.40 Å². The van der Waals surface area contributed by atoms with Crippen LogP contribution in [0.5, 0.6) is 5.75 Å². The number of ether oxygens (including phenoxy) is 1. The summed E-state index contributed by atoms with van der Waals surface area (Å²) in [7, 11) is 1.49. The summed E-state index contributed by atoms with van der Waals surface area (Å²) in [5, 5.41) is 2.25. The van der Waals surface area contributed by atoms with Crippen LogP contribution in [-0.4, -0.2) is 24.2 Å². The second-order valence-electron chi connectivity index (χ2n) is 5.30. The molecule has 0 aliphatic carbocycles. The Balaban J connectivity index is 2.02. The number of halogens is 1. The Labute approximate surface area is 114 Å². The fourth-order valence-electron chi connectivity index (χ4n) is 2.76. The highest BCUT2D eigenvalue weighted by Gasteiger charge is 2.24. The molecule has 1 aromatic carbocycles. The highest BCUT2D eigenvalue weighted by atomic mass is 19.1. The molecule has 2 atom stereocenters. The molecule has 0 aromatic heterocycles. The lowest BCUT2D eigenvalue weighted by Crippen LogP contribution is -2.51. The van der Waals surface area contributed by atoms with Gasteiger partial charge in [0.25, 0.3) is 0 Å². The fraction of sp³-hybridized carbons (Fsp3) is 0.600. The second-order valence-corrected chi connectivity index (χ2v) is 5.30. The van der Waals surface area contributed by atoms with Gasteiger partial charge in [-0.1, -0.05) is 18.6 Å². The lowest BCUT2D eigenvalue weighted by molar-refractivity contribution is 0.0431. The lowest BCUT2D eigenvalue weighted by Gasteiger charge is -2.39. The average Bonchev–Trinajstić information content (AvgIpc) is 2.40. The molecule has 2 rings (SSSR count). The number of nitrogens with one attached hydrogen (secondary N) is 1. The van der Waals surface area contributed by atoms with Gasteiger partial charge >= 0.3 is 0 Å². The van der Waals surface area contributed by atoms with E-state index in [2.05, 4.69) is 24.3 Å². The van der Waals surface area contributed by atoms with Crippen LogP contribution >= 0.6 is 0 Å². The predicted octanol–water partition coefficient (Wildman–Crippen LogP) is 3.10.